The van der Waals surface area contributed by atoms with Crippen molar-refractivity contribution >= 4 is 11.9 Å². The molecule has 0 N–H and O–H groups in total. The van der Waals surface area contributed by atoms with Crippen LogP contribution in [0.15, 0.2) is 182 Å². The molecule has 0 aliphatic carbocycles. The first kappa shape index (κ1) is 54.5. The van der Waals surface area contributed by atoms with E-state index < -0.39 is 11.9 Å². The maximum atomic E-state index is 10.3. The van der Waals surface area contributed by atoms with Crippen molar-refractivity contribution in [2.75, 3.05) is 14.1 Å². The Balaban J connectivity index is 0.000000252. The lowest BCUT2D eigenvalue weighted by Crippen LogP contribution is -2.41. The van der Waals surface area contributed by atoms with Gasteiger partial charge >= 0.3 is 0 Å². The number of carbonyl (C=O) groups excluding carboxylic acids is 2. The second-order valence-electron chi connectivity index (χ2n) is 18.2. The first-order valence-corrected chi connectivity index (χ1v) is 24.2. The number of hydrogen-bond donors (Lipinski definition) is 0. The van der Waals surface area contributed by atoms with E-state index in [1.807, 2.05) is 13.8 Å². The van der Waals surface area contributed by atoms with Crippen molar-refractivity contribution in [2.45, 2.75) is 118 Å². The molecule has 6 aromatic carbocycles. The zero-order chi connectivity index (χ0) is 47.9. The maximum Gasteiger partial charge on any atom is 0.105 e. The van der Waals surface area contributed by atoms with E-state index in [9.17, 15) is 19.8 Å². The second kappa shape index (κ2) is 31.2. The number of quaternary nitrogens is 2. The fourth-order valence-electron chi connectivity index (χ4n) is 8.36. The minimum absolute atomic E-state index is 0.222. The van der Waals surface area contributed by atoms with Crippen LogP contribution >= 0.6 is 0 Å². The first-order chi connectivity index (χ1) is 31.9. The number of carbonyl (C=O) groups is 2. The van der Waals surface area contributed by atoms with E-state index in [1.54, 1.807) is 0 Å². The molecule has 0 aromatic heterocycles. The normalized spacial score (nSPS) is 11.8. The molecule has 0 amide bonds. The highest BCUT2D eigenvalue weighted by Gasteiger charge is 2.25. The predicted octanol–water partition coefficient (Wildman–Crippen LogP) is 12.0. The summed E-state index contributed by atoms with van der Waals surface area (Å²) >= 11 is 0. The fraction of sp³-hybridized carbons (Fsp3) is 0.367. The molecule has 0 aliphatic rings. The molecule has 0 saturated heterocycles. The van der Waals surface area contributed by atoms with Crippen LogP contribution in [-0.2, 0) is 48.9 Å². The molecule has 0 spiro atoms. The summed E-state index contributed by atoms with van der Waals surface area (Å²) in [7, 11) is 4.71. The second-order valence-corrected chi connectivity index (χ2v) is 18.2. The summed E-state index contributed by atoms with van der Waals surface area (Å²) in [6.45, 7) is 14.1. The van der Waals surface area contributed by atoms with Gasteiger partial charge in [0, 0.05) is 45.3 Å². The van der Waals surface area contributed by atoms with Gasteiger partial charge in [-0.2, -0.15) is 0 Å². The summed E-state index contributed by atoms with van der Waals surface area (Å²) in [5, 5.41) is 20.7. The molecule has 352 valence electrons. The van der Waals surface area contributed by atoms with Gasteiger partial charge in [0.05, 0.1) is 14.1 Å². The monoisotopic (exact) mass is 891 g/mol. The van der Waals surface area contributed by atoms with Crippen molar-refractivity contribution < 1.29 is 28.8 Å². The Bertz CT molecular complexity index is 1770. The van der Waals surface area contributed by atoms with E-state index in [1.165, 1.54) is 33.4 Å². The highest BCUT2D eigenvalue weighted by molar-refractivity contribution is 5.67. The van der Waals surface area contributed by atoms with Crippen molar-refractivity contribution in [3.63, 3.8) is 0 Å². The van der Waals surface area contributed by atoms with Crippen molar-refractivity contribution in [3.05, 3.63) is 215 Å². The third-order valence-electron chi connectivity index (χ3n) is 11.9. The van der Waals surface area contributed by atoms with Gasteiger partial charge in [-0.1, -0.05) is 235 Å². The average molecular weight is 891 g/mol. The third kappa shape index (κ3) is 22.4. The average Bonchev–Trinajstić information content (AvgIpc) is 3.32. The third-order valence-corrected chi connectivity index (χ3v) is 11.9. The van der Waals surface area contributed by atoms with Crippen LogP contribution in [0.2, 0.25) is 0 Å². The quantitative estimate of drug-likeness (QED) is 0.0636. The minimum Gasteiger partial charge on any atom is -0.550 e. The van der Waals surface area contributed by atoms with Crippen LogP contribution in [0.1, 0.15) is 112 Å². The maximum absolute atomic E-state index is 10.3. The highest BCUT2D eigenvalue weighted by atomic mass is 16.4. The van der Waals surface area contributed by atoms with Gasteiger partial charge in [0.1, 0.15) is 39.3 Å². The van der Waals surface area contributed by atoms with Crippen LogP contribution in [0.5, 0.6) is 0 Å². The number of unbranched alkanes of at least 4 members (excludes halogenated alkanes) is 2. The van der Waals surface area contributed by atoms with Crippen LogP contribution in [-0.4, -0.2) is 35.0 Å². The van der Waals surface area contributed by atoms with Crippen molar-refractivity contribution in [1.29, 1.82) is 0 Å². The number of rotatable bonds is 22. The molecule has 0 aliphatic heterocycles. The summed E-state index contributed by atoms with van der Waals surface area (Å²) in [5.41, 5.74) is 8.34. The summed E-state index contributed by atoms with van der Waals surface area (Å²) in [4.78, 5) is 20.7. The number of nitrogens with zero attached hydrogens (tertiary/aromatic N) is 2. The molecule has 6 heteroatoms. The number of benzene rings is 6. The van der Waals surface area contributed by atoms with Gasteiger partial charge in [-0.25, -0.2) is 0 Å². The van der Waals surface area contributed by atoms with Crippen LogP contribution in [0.4, 0.5) is 0 Å². The Morgan fingerprint density at radius 2 is 0.545 bits per heavy atom. The lowest BCUT2D eigenvalue weighted by molar-refractivity contribution is -0.948. The Hall–Kier alpha value is -5.82. The number of carboxylic acids is 2. The topological polar surface area (TPSA) is 80.3 Å². The van der Waals surface area contributed by atoms with E-state index in [-0.39, 0.29) is 11.8 Å². The molecule has 0 fully saturated rings. The number of carboxylic acid groups (broad SMARTS) is 2. The van der Waals surface area contributed by atoms with E-state index in [0.717, 1.165) is 86.8 Å². The van der Waals surface area contributed by atoms with Crippen molar-refractivity contribution in [1.82, 2.24) is 0 Å². The highest BCUT2D eigenvalue weighted by Crippen LogP contribution is 2.23. The minimum atomic E-state index is -0.893. The number of aliphatic carboxylic acids is 2. The molecular formula is C60H78N2O4. The van der Waals surface area contributed by atoms with Crippen LogP contribution in [0.25, 0.3) is 0 Å². The zero-order valence-electron chi connectivity index (χ0n) is 40.9. The summed E-state index contributed by atoms with van der Waals surface area (Å²) in [6.07, 6.45) is 7.04. The van der Waals surface area contributed by atoms with Crippen LogP contribution in [0, 0.1) is 11.8 Å². The van der Waals surface area contributed by atoms with Gasteiger partial charge in [-0.3, -0.25) is 0 Å². The SMILES string of the molecule is CCCCC(CC)C(=O)[O-].CCCCC(CC)C(=O)[O-].C[N+](Cc1ccccc1)(Cc1ccccc1)Cc1ccccc1.C[N+](Cc1ccccc1)(Cc1ccccc1)Cc1ccccc1. The molecule has 6 aromatic rings. The molecule has 66 heavy (non-hydrogen) atoms. The lowest BCUT2D eigenvalue weighted by atomic mass is 10.00. The molecule has 0 bridgehead atoms. The fourth-order valence-corrected chi connectivity index (χ4v) is 8.36. The van der Waals surface area contributed by atoms with Gasteiger partial charge in [-0.05, 0) is 37.5 Å². The van der Waals surface area contributed by atoms with Crippen LogP contribution < -0.4 is 10.2 Å². The summed E-state index contributed by atoms with van der Waals surface area (Å²) in [5.74, 6) is -2.23. The summed E-state index contributed by atoms with van der Waals surface area (Å²) in [6, 6.07) is 64.8. The van der Waals surface area contributed by atoms with Gasteiger partial charge < -0.3 is 28.8 Å². The molecular weight excluding hydrogens is 813 g/mol. The summed E-state index contributed by atoms with van der Waals surface area (Å²) < 4.78 is 1.94. The molecule has 0 heterocycles. The standard InChI is InChI=1S/2C22H24N.2C8H16O2/c2*1-23(17-20-11-5-2-6-12-20,18-21-13-7-3-8-14-21)19-22-15-9-4-10-16-22;2*1-3-5-6-7(4-2)8(9)10/h2*2-16H,17-19H2,1H3;2*7H,3-6H2,1-2H3,(H,9,10)/q2*+1;;/p-2. The predicted molar refractivity (Wildman–Crippen MR) is 270 cm³/mol. The van der Waals surface area contributed by atoms with Crippen LogP contribution in [0.3, 0.4) is 0 Å². The van der Waals surface area contributed by atoms with E-state index in [4.69, 9.17) is 0 Å². The first-order valence-electron chi connectivity index (χ1n) is 24.2. The Morgan fingerprint density at radius 1 is 0.364 bits per heavy atom. The number of hydrogen-bond acceptors (Lipinski definition) is 4. The molecule has 6 nitrogen and oxygen atoms in total. The molecule has 2 atom stereocenters. The van der Waals surface area contributed by atoms with E-state index >= 15 is 0 Å². The van der Waals surface area contributed by atoms with Gasteiger partial charge in [-0.15, -0.1) is 0 Å². The van der Waals surface area contributed by atoms with Gasteiger partial charge in [0.2, 0.25) is 0 Å². The Morgan fingerprint density at radius 3 is 0.682 bits per heavy atom. The van der Waals surface area contributed by atoms with E-state index in [0.29, 0.717) is 12.8 Å². The smallest absolute Gasteiger partial charge is 0.105 e. The van der Waals surface area contributed by atoms with Crippen molar-refractivity contribution in [3.8, 4) is 0 Å². The lowest BCUT2D eigenvalue weighted by Gasteiger charge is -2.35. The van der Waals surface area contributed by atoms with Crippen molar-refractivity contribution in [2.24, 2.45) is 11.8 Å². The zero-order valence-corrected chi connectivity index (χ0v) is 40.9. The molecule has 6 rings (SSSR count). The van der Waals surface area contributed by atoms with Gasteiger partial charge in [0.15, 0.2) is 0 Å². The van der Waals surface area contributed by atoms with Gasteiger partial charge in [0.25, 0.3) is 0 Å². The Kier molecular flexibility index (Phi) is 25.7. The van der Waals surface area contributed by atoms with E-state index in [2.05, 4.69) is 210 Å². The largest absolute Gasteiger partial charge is 0.550 e. The molecule has 0 radical (unpaired) electrons. The Labute approximate surface area is 398 Å². The molecule has 0 saturated carbocycles. The molecule has 2 unspecified atom stereocenters.